The Bertz CT molecular complexity index is 1140. The molecule has 1 aromatic carbocycles. The highest BCUT2D eigenvalue weighted by molar-refractivity contribution is 5.98. The molecule has 0 N–H and O–H groups in total. The number of methoxy groups -OCH3 is 1. The van der Waals surface area contributed by atoms with Gasteiger partial charge in [-0.15, -0.1) is 0 Å². The van der Waals surface area contributed by atoms with Crippen molar-refractivity contribution < 1.29 is 18.7 Å². The minimum atomic E-state index is -0.107. The number of benzene rings is 1. The van der Waals surface area contributed by atoms with Crippen molar-refractivity contribution >= 4 is 22.9 Å². The van der Waals surface area contributed by atoms with Crippen LogP contribution in [0.15, 0.2) is 59.2 Å². The second-order valence-electron chi connectivity index (χ2n) is 8.08. The molecule has 0 bridgehead atoms. The molecule has 3 heterocycles. The van der Waals surface area contributed by atoms with Crippen molar-refractivity contribution in [3.05, 3.63) is 66.1 Å². The van der Waals surface area contributed by atoms with Gasteiger partial charge in [0.15, 0.2) is 0 Å². The highest BCUT2D eigenvalue weighted by Gasteiger charge is 2.32. The average molecular weight is 421 g/mol. The Hall–Kier alpha value is -3.48. The summed E-state index contributed by atoms with van der Waals surface area (Å²) in [6, 6.07) is 10.8. The SMILES string of the molecule is C=C(C)Cn1c(C(=O)N2CCN(C(=O)c3cccc(OC)c3)C(C)C2)cc2ccoc21. The van der Waals surface area contributed by atoms with Crippen LogP contribution in [0.4, 0.5) is 0 Å². The summed E-state index contributed by atoms with van der Waals surface area (Å²) in [6.45, 7) is 9.79. The molecular formula is C24H27N3O4. The number of furan rings is 1. The monoisotopic (exact) mass is 421 g/mol. The summed E-state index contributed by atoms with van der Waals surface area (Å²) in [6.07, 6.45) is 1.62. The first kappa shape index (κ1) is 20.8. The van der Waals surface area contributed by atoms with Crippen LogP contribution in [0.1, 0.15) is 34.7 Å². The van der Waals surface area contributed by atoms with Crippen molar-refractivity contribution in [1.29, 1.82) is 0 Å². The van der Waals surface area contributed by atoms with Gasteiger partial charge in [0.05, 0.1) is 13.4 Å². The first-order valence-corrected chi connectivity index (χ1v) is 10.3. The lowest BCUT2D eigenvalue weighted by Gasteiger charge is -2.40. The molecular weight excluding hydrogens is 394 g/mol. The smallest absolute Gasteiger partial charge is 0.270 e. The van der Waals surface area contributed by atoms with E-state index in [1.165, 1.54) is 0 Å². The number of hydrogen-bond donors (Lipinski definition) is 0. The summed E-state index contributed by atoms with van der Waals surface area (Å²) in [7, 11) is 1.58. The molecule has 3 aromatic rings. The van der Waals surface area contributed by atoms with E-state index in [1.807, 2.05) is 52.5 Å². The normalized spacial score (nSPS) is 16.5. The second-order valence-corrected chi connectivity index (χ2v) is 8.08. The van der Waals surface area contributed by atoms with Crippen LogP contribution < -0.4 is 4.74 Å². The van der Waals surface area contributed by atoms with Gasteiger partial charge in [-0.25, -0.2) is 0 Å². The molecule has 0 aliphatic carbocycles. The largest absolute Gasteiger partial charge is 0.497 e. The zero-order valence-electron chi connectivity index (χ0n) is 18.1. The zero-order chi connectivity index (χ0) is 22.1. The van der Waals surface area contributed by atoms with Crippen molar-refractivity contribution in [2.75, 3.05) is 26.7 Å². The van der Waals surface area contributed by atoms with Crippen LogP contribution in [0.25, 0.3) is 11.1 Å². The van der Waals surface area contributed by atoms with E-state index in [0.29, 0.717) is 48.9 Å². The average Bonchev–Trinajstić information content (AvgIpc) is 3.35. The summed E-state index contributed by atoms with van der Waals surface area (Å²) >= 11 is 0. The topological polar surface area (TPSA) is 67.9 Å². The van der Waals surface area contributed by atoms with Gasteiger partial charge in [-0.05, 0) is 44.2 Å². The lowest BCUT2D eigenvalue weighted by Crippen LogP contribution is -2.55. The Labute approximate surface area is 181 Å². The van der Waals surface area contributed by atoms with Crippen LogP contribution in [-0.4, -0.2) is 59.0 Å². The van der Waals surface area contributed by atoms with Crippen LogP contribution >= 0.6 is 0 Å². The van der Waals surface area contributed by atoms with Crippen molar-refractivity contribution in [2.24, 2.45) is 0 Å². The number of fused-ring (bicyclic) bond motifs is 1. The van der Waals surface area contributed by atoms with Crippen LogP contribution in [0.2, 0.25) is 0 Å². The Morgan fingerprint density at radius 2 is 2.00 bits per heavy atom. The summed E-state index contributed by atoms with van der Waals surface area (Å²) < 4.78 is 12.7. The lowest BCUT2D eigenvalue weighted by atomic mass is 10.1. The predicted octanol–water partition coefficient (Wildman–Crippen LogP) is 3.81. The quantitative estimate of drug-likeness (QED) is 0.588. The maximum absolute atomic E-state index is 13.4. The van der Waals surface area contributed by atoms with Crippen LogP contribution in [0.3, 0.4) is 0 Å². The molecule has 0 radical (unpaired) electrons. The molecule has 1 saturated heterocycles. The number of carbonyl (C=O) groups is 2. The zero-order valence-corrected chi connectivity index (χ0v) is 18.1. The van der Waals surface area contributed by atoms with Crippen molar-refractivity contribution in [3.63, 3.8) is 0 Å². The van der Waals surface area contributed by atoms with Gasteiger partial charge in [0, 0.05) is 43.2 Å². The minimum absolute atomic E-state index is 0.0540. The van der Waals surface area contributed by atoms with Crippen molar-refractivity contribution in [3.8, 4) is 5.75 Å². The summed E-state index contributed by atoms with van der Waals surface area (Å²) in [5, 5.41) is 0.893. The molecule has 2 aromatic heterocycles. The maximum Gasteiger partial charge on any atom is 0.270 e. The molecule has 1 atom stereocenters. The predicted molar refractivity (Wildman–Crippen MR) is 118 cm³/mol. The molecule has 1 unspecified atom stereocenters. The van der Waals surface area contributed by atoms with E-state index in [4.69, 9.17) is 9.15 Å². The van der Waals surface area contributed by atoms with Crippen molar-refractivity contribution in [2.45, 2.75) is 26.4 Å². The van der Waals surface area contributed by atoms with E-state index in [2.05, 4.69) is 6.58 Å². The van der Waals surface area contributed by atoms with E-state index in [9.17, 15) is 9.59 Å². The van der Waals surface area contributed by atoms with E-state index in [-0.39, 0.29) is 17.9 Å². The first-order valence-electron chi connectivity index (χ1n) is 10.3. The number of piperazine rings is 1. The fourth-order valence-corrected chi connectivity index (χ4v) is 4.11. The van der Waals surface area contributed by atoms with Gasteiger partial charge in [0.1, 0.15) is 11.4 Å². The number of carbonyl (C=O) groups excluding carboxylic acids is 2. The third-order valence-electron chi connectivity index (χ3n) is 5.64. The molecule has 1 aliphatic rings. The number of nitrogens with zero attached hydrogens (tertiary/aromatic N) is 3. The molecule has 7 heteroatoms. The van der Waals surface area contributed by atoms with Crippen LogP contribution in [-0.2, 0) is 6.54 Å². The van der Waals surface area contributed by atoms with E-state index in [0.717, 1.165) is 11.0 Å². The second kappa shape index (κ2) is 8.34. The lowest BCUT2D eigenvalue weighted by molar-refractivity contribution is 0.0409. The fraction of sp³-hybridized carbons (Fsp3) is 0.333. The molecule has 2 amide bonds. The number of amides is 2. The number of aromatic nitrogens is 1. The molecule has 1 aliphatic heterocycles. The number of rotatable bonds is 5. The maximum atomic E-state index is 13.4. The van der Waals surface area contributed by atoms with Gasteiger partial charge in [-0.1, -0.05) is 18.2 Å². The fourth-order valence-electron chi connectivity index (χ4n) is 4.11. The number of ether oxygens (including phenoxy) is 1. The van der Waals surface area contributed by atoms with Gasteiger partial charge < -0.3 is 23.5 Å². The molecule has 31 heavy (non-hydrogen) atoms. The van der Waals surface area contributed by atoms with Crippen LogP contribution in [0.5, 0.6) is 5.75 Å². The highest BCUT2D eigenvalue weighted by atomic mass is 16.5. The van der Waals surface area contributed by atoms with Crippen LogP contribution in [0, 0.1) is 0 Å². The standard InChI is InChI=1S/C24H27N3O4/c1-16(2)14-27-21(13-19-8-11-31-24(19)27)23(29)25-9-10-26(17(3)15-25)22(28)18-6-5-7-20(12-18)30-4/h5-8,11-13,17H,1,9-10,14-15H2,2-4H3. The molecule has 7 nitrogen and oxygen atoms in total. The van der Waals surface area contributed by atoms with Gasteiger partial charge in [0.2, 0.25) is 5.71 Å². The number of hydrogen-bond acceptors (Lipinski definition) is 4. The van der Waals surface area contributed by atoms with E-state index in [1.54, 1.807) is 25.5 Å². The molecule has 162 valence electrons. The number of allylic oxidation sites excluding steroid dienone is 1. The van der Waals surface area contributed by atoms with Gasteiger partial charge in [-0.2, -0.15) is 0 Å². The highest BCUT2D eigenvalue weighted by Crippen LogP contribution is 2.25. The molecule has 0 spiro atoms. The Morgan fingerprint density at radius 3 is 2.71 bits per heavy atom. The molecule has 4 rings (SSSR count). The van der Waals surface area contributed by atoms with Crippen molar-refractivity contribution in [1.82, 2.24) is 14.4 Å². The van der Waals surface area contributed by atoms with Gasteiger partial charge in [-0.3, -0.25) is 9.59 Å². The molecule has 1 fully saturated rings. The van der Waals surface area contributed by atoms with Gasteiger partial charge >= 0.3 is 0 Å². The Kier molecular flexibility index (Phi) is 5.59. The third-order valence-corrected chi connectivity index (χ3v) is 5.64. The molecule has 0 saturated carbocycles. The Morgan fingerprint density at radius 1 is 1.19 bits per heavy atom. The summed E-state index contributed by atoms with van der Waals surface area (Å²) in [4.78, 5) is 30.0. The summed E-state index contributed by atoms with van der Waals surface area (Å²) in [5.41, 5.74) is 2.77. The first-order chi connectivity index (χ1) is 14.9. The Balaban J connectivity index is 1.52. The van der Waals surface area contributed by atoms with E-state index >= 15 is 0 Å². The summed E-state index contributed by atoms with van der Waals surface area (Å²) in [5.74, 6) is 0.532. The van der Waals surface area contributed by atoms with Gasteiger partial charge in [0.25, 0.3) is 11.8 Å². The third kappa shape index (κ3) is 3.95. The minimum Gasteiger partial charge on any atom is -0.497 e. The van der Waals surface area contributed by atoms with E-state index < -0.39 is 0 Å².